The normalized spacial score (nSPS) is 10.7. The second kappa shape index (κ2) is 7.40. The number of nitrogens with zero attached hydrogens (tertiary/aromatic N) is 3. The molecule has 2 aromatic rings. The highest BCUT2D eigenvalue weighted by molar-refractivity contribution is 14.1. The van der Waals surface area contributed by atoms with Gasteiger partial charge in [-0.25, -0.2) is 9.97 Å². The molecule has 1 heterocycles. The van der Waals surface area contributed by atoms with E-state index < -0.39 is 0 Å². The van der Waals surface area contributed by atoms with Crippen LogP contribution in [-0.4, -0.2) is 16.5 Å². The van der Waals surface area contributed by atoms with Gasteiger partial charge in [-0.2, -0.15) is 0 Å². The predicted molar refractivity (Wildman–Crippen MR) is 97.6 cm³/mol. The monoisotopic (exact) mass is 415 g/mol. The van der Waals surface area contributed by atoms with E-state index in [1.165, 1.54) is 9.13 Å². The van der Waals surface area contributed by atoms with Crippen molar-refractivity contribution < 1.29 is 0 Å². The highest BCUT2D eigenvalue weighted by Gasteiger charge is 2.14. The van der Waals surface area contributed by atoms with Crippen molar-refractivity contribution in [1.29, 1.82) is 0 Å². The summed E-state index contributed by atoms with van der Waals surface area (Å²) >= 11 is 8.44. The highest BCUT2D eigenvalue weighted by atomic mass is 127. The zero-order chi connectivity index (χ0) is 15.4. The zero-order valence-corrected chi connectivity index (χ0v) is 15.4. The standard InChI is InChI=1S/C16H19ClIN3/c1-4-6-12-7-8-14(13(18)10-12)21(5-2)16-19-11(3)9-15(17)20-16/h7-10H,4-6H2,1-3H3. The summed E-state index contributed by atoms with van der Waals surface area (Å²) in [7, 11) is 0. The molecule has 1 aromatic carbocycles. The van der Waals surface area contributed by atoms with Crippen molar-refractivity contribution in [1.82, 2.24) is 9.97 Å². The van der Waals surface area contributed by atoms with Crippen molar-refractivity contribution in [3.8, 4) is 0 Å². The Morgan fingerprint density at radius 1 is 1.19 bits per heavy atom. The van der Waals surface area contributed by atoms with Crippen LogP contribution in [0.1, 0.15) is 31.5 Å². The Balaban J connectivity index is 2.41. The number of aryl methyl sites for hydroxylation is 2. The van der Waals surface area contributed by atoms with E-state index in [1.54, 1.807) is 6.07 Å². The van der Waals surface area contributed by atoms with Gasteiger partial charge in [-0.3, -0.25) is 0 Å². The SMILES string of the molecule is CCCc1ccc(N(CC)c2nc(C)cc(Cl)n2)c(I)c1. The van der Waals surface area contributed by atoms with Crippen LogP contribution in [0.2, 0.25) is 5.15 Å². The Hall–Kier alpha value is -0.880. The van der Waals surface area contributed by atoms with Crippen LogP contribution in [-0.2, 0) is 6.42 Å². The number of benzene rings is 1. The van der Waals surface area contributed by atoms with Crippen molar-refractivity contribution in [2.24, 2.45) is 0 Å². The first-order valence-electron chi connectivity index (χ1n) is 7.12. The molecule has 0 aliphatic heterocycles. The predicted octanol–water partition coefficient (Wildman–Crippen LogP) is 5.15. The average molecular weight is 416 g/mol. The van der Waals surface area contributed by atoms with Crippen LogP contribution in [0.4, 0.5) is 11.6 Å². The molecule has 0 amide bonds. The Labute approximate surface area is 144 Å². The summed E-state index contributed by atoms with van der Waals surface area (Å²) in [6, 6.07) is 8.34. The van der Waals surface area contributed by atoms with Crippen molar-refractivity contribution >= 4 is 45.8 Å². The molecule has 1 aromatic heterocycles. The maximum atomic E-state index is 6.07. The van der Waals surface area contributed by atoms with Gasteiger partial charge in [0.05, 0.1) is 5.69 Å². The van der Waals surface area contributed by atoms with E-state index in [0.717, 1.165) is 30.8 Å². The molecule has 21 heavy (non-hydrogen) atoms. The lowest BCUT2D eigenvalue weighted by Gasteiger charge is -2.23. The molecule has 112 valence electrons. The molecule has 0 radical (unpaired) electrons. The van der Waals surface area contributed by atoms with E-state index >= 15 is 0 Å². The third kappa shape index (κ3) is 4.07. The maximum Gasteiger partial charge on any atom is 0.231 e. The van der Waals surface area contributed by atoms with Crippen LogP contribution in [0.5, 0.6) is 0 Å². The van der Waals surface area contributed by atoms with Crippen LogP contribution in [0.25, 0.3) is 0 Å². The van der Waals surface area contributed by atoms with Gasteiger partial charge in [-0.1, -0.05) is 31.0 Å². The topological polar surface area (TPSA) is 29.0 Å². The summed E-state index contributed by atoms with van der Waals surface area (Å²) in [6.45, 7) is 7.01. The van der Waals surface area contributed by atoms with E-state index in [0.29, 0.717) is 11.1 Å². The molecule has 0 aliphatic carbocycles. The Morgan fingerprint density at radius 2 is 1.95 bits per heavy atom. The van der Waals surface area contributed by atoms with Gasteiger partial charge in [-0.05, 0) is 66.6 Å². The lowest BCUT2D eigenvalue weighted by molar-refractivity contribution is 0.911. The zero-order valence-electron chi connectivity index (χ0n) is 12.5. The summed E-state index contributed by atoms with van der Waals surface area (Å²) in [5, 5.41) is 0.480. The number of anilines is 2. The fourth-order valence-corrected chi connectivity index (χ4v) is 3.37. The minimum absolute atomic E-state index is 0.480. The third-order valence-electron chi connectivity index (χ3n) is 3.21. The number of hydrogen-bond acceptors (Lipinski definition) is 3. The molecule has 0 saturated heterocycles. The molecule has 0 N–H and O–H groups in total. The van der Waals surface area contributed by atoms with Crippen LogP contribution in [0.3, 0.4) is 0 Å². The van der Waals surface area contributed by atoms with Crippen molar-refractivity contribution in [2.45, 2.75) is 33.6 Å². The van der Waals surface area contributed by atoms with Gasteiger partial charge in [0.25, 0.3) is 0 Å². The first kappa shape index (κ1) is 16.5. The lowest BCUT2D eigenvalue weighted by Crippen LogP contribution is -2.20. The van der Waals surface area contributed by atoms with Gasteiger partial charge in [0.1, 0.15) is 5.15 Å². The van der Waals surface area contributed by atoms with E-state index in [4.69, 9.17) is 11.6 Å². The Morgan fingerprint density at radius 3 is 2.52 bits per heavy atom. The Kier molecular flexibility index (Phi) is 5.81. The van der Waals surface area contributed by atoms with Crippen LogP contribution in [0.15, 0.2) is 24.3 Å². The summed E-state index contributed by atoms with van der Waals surface area (Å²) < 4.78 is 1.21. The minimum Gasteiger partial charge on any atom is -0.310 e. The van der Waals surface area contributed by atoms with Gasteiger partial charge in [0, 0.05) is 15.8 Å². The van der Waals surface area contributed by atoms with Crippen LogP contribution < -0.4 is 4.90 Å². The molecule has 0 aliphatic rings. The first-order chi connectivity index (χ1) is 10.0. The molecule has 0 fully saturated rings. The largest absolute Gasteiger partial charge is 0.310 e. The molecule has 0 atom stereocenters. The number of halogens is 2. The van der Waals surface area contributed by atoms with E-state index in [2.05, 4.69) is 69.5 Å². The fourth-order valence-electron chi connectivity index (χ4n) is 2.27. The van der Waals surface area contributed by atoms with Crippen molar-refractivity contribution in [3.05, 3.63) is 44.2 Å². The van der Waals surface area contributed by atoms with E-state index in [-0.39, 0.29) is 0 Å². The smallest absolute Gasteiger partial charge is 0.231 e. The third-order valence-corrected chi connectivity index (χ3v) is 4.27. The van der Waals surface area contributed by atoms with Gasteiger partial charge < -0.3 is 4.90 Å². The lowest BCUT2D eigenvalue weighted by atomic mass is 10.1. The quantitative estimate of drug-likeness (QED) is 0.499. The molecule has 0 unspecified atom stereocenters. The molecule has 0 saturated carbocycles. The first-order valence-corrected chi connectivity index (χ1v) is 8.58. The van der Waals surface area contributed by atoms with Gasteiger partial charge in [-0.15, -0.1) is 0 Å². The van der Waals surface area contributed by atoms with Gasteiger partial charge >= 0.3 is 0 Å². The van der Waals surface area contributed by atoms with Crippen LogP contribution in [0, 0.1) is 10.5 Å². The molecule has 0 bridgehead atoms. The molecular weight excluding hydrogens is 397 g/mol. The number of aromatic nitrogens is 2. The molecule has 5 heteroatoms. The molecule has 0 spiro atoms. The summed E-state index contributed by atoms with van der Waals surface area (Å²) in [4.78, 5) is 11.0. The highest BCUT2D eigenvalue weighted by Crippen LogP contribution is 2.29. The minimum atomic E-state index is 0.480. The number of hydrogen-bond donors (Lipinski definition) is 0. The van der Waals surface area contributed by atoms with E-state index in [9.17, 15) is 0 Å². The molecular formula is C16H19ClIN3. The Bertz CT molecular complexity index is 611. The van der Waals surface area contributed by atoms with Crippen molar-refractivity contribution in [3.63, 3.8) is 0 Å². The van der Waals surface area contributed by atoms with E-state index in [1.807, 2.05) is 6.92 Å². The van der Waals surface area contributed by atoms with Gasteiger partial charge in [0.15, 0.2) is 0 Å². The van der Waals surface area contributed by atoms with Crippen LogP contribution >= 0.6 is 34.2 Å². The summed E-state index contributed by atoms with van der Waals surface area (Å²) in [5.41, 5.74) is 3.37. The summed E-state index contributed by atoms with van der Waals surface area (Å²) in [5.74, 6) is 0.656. The summed E-state index contributed by atoms with van der Waals surface area (Å²) in [6.07, 6.45) is 2.26. The fraction of sp³-hybridized carbons (Fsp3) is 0.375. The second-order valence-corrected chi connectivity index (χ2v) is 6.46. The average Bonchev–Trinajstić information content (AvgIpc) is 2.41. The maximum absolute atomic E-state index is 6.07. The second-order valence-electron chi connectivity index (χ2n) is 4.91. The number of rotatable bonds is 5. The molecule has 2 rings (SSSR count). The van der Waals surface area contributed by atoms with Crippen molar-refractivity contribution in [2.75, 3.05) is 11.4 Å². The molecule has 3 nitrogen and oxygen atoms in total. The van der Waals surface area contributed by atoms with Gasteiger partial charge in [0.2, 0.25) is 5.95 Å².